The van der Waals surface area contributed by atoms with Gasteiger partial charge in [0.2, 0.25) is 11.8 Å². The third kappa shape index (κ3) is 4.82. The van der Waals surface area contributed by atoms with E-state index < -0.39 is 18.5 Å². The number of benzene rings is 2. The maximum atomic E-state index is 12.9. The van der Waals surface area contributed by atoms with Crippen LogP contribution >= 0.6 is 0 Å². The molecule has 1 aliphatic carbocycles. The first-order valence-corrected chi connectivity index (χ1v) is 11.4. The lowest BCUT2D eigenvalue weighted by Crippen LogP contribution is -2.31. The quantitative estimate of drug-likeness (QED) is 0.533. The zero-order chi connectivity index (χ0) is 23.5. The summed E-state index contributed by atoms with van der Waals surface area (Å²) in [5, 5.41) is 2.69. The molecule has 2 aliphatic rings. The van der Waals surface area contributed by atoms with Crippen molar-refractivity contribution in [3.63, 3.8) is 0 Å². The van der Waals surface area contributed by atoms with E-state index in [-0.39, 0.29) is 29.2 Å². The molecule has 7 heteroatoms. The highest BCUT2D eigenvalue weighted by atomic mass is 16.5. The highest BCUT2D eigenvalue weighted by molar-refractivity contribution is 6.22. The fourth-order valence-electron chi connectivity index (χ4n) is 4.65. The molecule has 0 aromatic heterocycles. The Kier molecular flexibility index (Phi) is 6.58. The van der Waals surface area contributed by atoms with Crippen LogP contribution in [0.4, 0.5) is 11.4 Å². The zero-order valence-electron chi connectivity index (χ0n) is 18.9. The average Bonchev–Trinajstić information content (AvgIpc) is 3.07. The van der Waals surface area contributed by atoms with E-state index in [9.17, 15) is 19.2 Å². The molecular weight excluding hydrogens is 420 g/mol. The van der Waals surface area contributed by atoms with E-state index in [1.807, 2.05) is 19.1 Å². The van der Waals surface area contributed by atoms with Gasteiger partial charge in [0.25, 0.3) is 5.91 Å². The van der Waals surface area contributed by atoms with E-state index in [1.54, 1.807) is 24.3 Å². The van der Waals surface area contributed by atoms with Crippen LogP contribution < -0.4 is 10.2 Å². The predicted octanol–water partition coefficient (Wildman–Crippen LogP) is 3.97. The van der Waals surface area contributed by atoms with Gasteiger partial charge in [-0.1, -0.05) is 32.0 Å². The molecule has 33 heavy (non-hydrogen) atoms. The Morgan fingerprint density at radius 3 is 2.48 bits per heavy atom. The Balaban J connectivity index is 1.39. The Labute approximate surface area is 193 Å². The molecule has 4 rings (SSSR count). The van der Waals surface area contributed by atoms with Crippen molar-refractivity contribution in [2.75, 3.05) is 16.8 Å². The van der Waals surface area contributed by atoms with Crippen molar-refractivity contribution >= 4 is 35.1 Å². The number of nitrogens with zero attached hydrogens (tertiary/aromatic N) is 1. The second kappa shape index (κ2) is 9.57. The number of anilines is 2. The topological polar surface area (TPSA) is 92.8 Å². The molecular formula is C26H28N2O5. The Bertz CT molecular complexity index is 1080. The number of carbonyl (C=O) groups excluding carboxylic acids is 4. The summed E-state index contributed by atoms with van der Waals surface area (Å²) in [6.07, 6.45) is 3.26. The number of imide groups is 1. The van der Waals surface area contributed by atoms with Gasteiger partial charge >= 0.3 is 5.97 Å². The molecule has 0 bridgehead atoms. The first kappa shape index (κ1) is 22.7. The number of carbonyl (C=O) groups is 4. The maximum Gasteiger partial charge on any atom is 0.338 e. The van der Waals surface area contributed by atoms with E-state index in [0.717, 1.165) is 18.4 Å². The van der Waals surface area contributed by atoms with Crippen molar-refractivity contribution < 1.29 is 23.9 Å². The van der Waals surface area contributed by atoms with Crippen molar-refractivity contribution in [1.82, 2.24) is 0 Å². The van der Waals surface area contributed by atoms with Gasteiger partial charge in [-0.25, -0.2) is 4.79 Å². The van der Waals surface area contributed by atoms with Gasteiger partial charge in [0.1, 0.15) is 0 Å². The average molecular weight is 449 g/mol. The Hall–Kier alpha value is -3.48. The third-order valence-electron chi connectivity index (χ3n) is 6.51. The lowest BCUT2D eigenvalue weighted by Gasteiger charge is -2.25. The van der Waals surface area contributed by atoms with Gasteiger partial charge in [0, 0.05) is 5.69 Å². The molecule has 1 saturated heterocycles. The summed E-state index contributed by atoms with van der Waals surface area (Å²) in [5.74, 6) is -1.69. The third-order valence-corrected chi connectivity index (χ3v) is 6.51. The largest absolute Gasteiger partial charge is 0.452 e. The fraction of sp³-hybridized carbons (Fsp3) is 0.385. The monoisotopic (exact) mass is 448 g/mol. The van der Waals surface area contributed by atoms with Gasteiger partial charge < -0.3 is 10.1 Å². The van der Waals surface area contributed by atoms with Gasteiger partial charge in [-0.15, -0.1) is 0 Å². The van der Waals surface area contributed by atoms with Gasteiger partial charge in [-0.05, 0) is 67.5 Å². The van der Waals surface area contributed by atoms with Gasteiger partial charge in [-0.3, -0.25) is 19.3 Å². The number of ether oxygens (including phenoxy) is 1. The molecule has 2 aromatic carbocycles. The molecule has 1 saturated carbocycles. The molecule has 1 aliphatic heterocycles. The summed E-state index contributed by atoms with van der Waals surface area (Å²) in [6.45, 7) is 3.71. The van der Waals surface area contributed by atoms with E-state index in [1.165, 1.54) is 17.0 Å². The number of fused-ring (bicyclic) bond motifs is 1. The van der Waals surface area contributed by atoms with Crippen LogP contribution in [-0.2, 0) is 25.5 Å². The number of aryl methyl sites for hydroxylation is 1. The van der Waals surface area contributed by atoms with Crippen LogP contribution in [0.3, 0.4) is 0 Å². The number of nitrogens with one attached hydrogen (secondary N) is 1. The second-order valence-corrected chi connectivity index (χ2v) is 8.87. The minimum Gasteiger partial charge on any atom is -0.452 e. The van der Waals surface area contributed by atoms with Gasteiger partial charge in [0.05, 0.1) is 23.1 Å². The SMILES string of the molecule is CCc1ccc(NC(=O)COC(=O)c2cccc(N3C(=O)[C@H]4C[C@@H](C)CC[C@H]4C3=O)c2)cc1. The van der Waals surface area contributed by atoms with Crippen LogP contribution in [-0.4, -0.2) is 30.3 Å². The summed E-state index contributed by atoms with van der Waals surface area (Å²) < 4.78 is 5.15. The minimum atomic E-state index is -0.696. The molecule has 172 valence electrons. The van der Waals surface area contributed by atoms with Crippen molar-refractivity contribution in [3.05, 3.63) is 59.7 Å². The molecule has 1 heterocycles. The van der Waals surface area contributed by atoms with Crippen LogP contribution in [0.25, 0.3) is 0 Å². The van der Waals surface area contributed by atoms with Crippen LogP contribution in [0.5, 0.6) is 0 Å². The first-order valence-electron chi connectivity index (χ1n) is 11.4. The number of hydrogen-bond acceptors (Lipinski definition) is 5. The predicted molar refractivity (Wildman–Crippen MR) is 124 cm³/mol. The Morgan fingerprint density at radius 2 is 1.76 bits per heavy atom. The summed E-state index contributed by atoms with van der Waals surface area (Å²) >= 11 is 0. The minimum absolute atomic E-state index is 0.177. The van der Waals surface area contributed by atoms with Gasteiger partial charge in [-0.2, -0.15) is 0 Å². The molecule has 0 spiro atoms. The highest BCUT2D eigenvalue weighted by Gasteiger charge is 2.50. The smallest absolute Gasteiger partial charge is 0.338 e. The maximum absolute atomic E-state index is 12.9. The second-order valence-electron chi connectivity index (χ2n) is 8.87. The van der Waals surface area contributed by atoms with Gasteiger partial charge in [0.15, 0.2) is 6.61 Å². The van der Waals surface area contributed by atoms with E-state index in [4.69, 9.17) is 4.74 Å². The summed E-state index contributed by atoms with van der Waals surface area (Å²) in [6, 6.07) is 13.7. The van der Waals surface area contributed by atoms with Crippen molar-refractivity contribution in [1.29, 1.82) is 0 Å². The molecule has 3 atom stereocenters. The lowest BCUT2D eigenvalue weighted by atomic mass is 9.76. The molecule has 1 N–H and O–H groups in total. The fourth-order valence-corrected chi connectivity index (χ4v) is 4.65. The molecule has 3 amide bonds. The van der Waals surface area contributed by atoms with E-state index >= 15 is 0 Å². The Morgan fingerprint density at radius 1 is 1.03 bits per heavy atom. The summed E-state index contributed by atoms with van der Waals surface area (Å²) in [7, 11) is 0. The standard InChI is InChI=1S/C26H28N2O5/c1-3-17-8-10-19(11-9-17)27-23(29)15-33-26(32)18-5-4-6-20(14-18)28-24(30)21-12-7-16(2)13-22(21)25(28)31/h4-6,8-11,14,16,21-22H,3,7,12-13,15H2,1-2H3,(H,27,29)/t16-,21+,22-/m0/s1. The van der Waals surface area contributed by atoms with Crippen LogP contribution in [0.1, 0.15) is 49.0 Å². The van der Waals surface area contributed by atoms with Crippen molar-refractivity contribution in [2.45, 2.75) is 39.5 Å². The van der Waals surface area contributed by atoms with Crippen LogP contribution in [0.2, 0.25) is 0 Å². The van der Waals surface area contributed by atoms with E-state index in [2.05, 4.69) is 12.2 Å². The molecule has 2 fully saturated rings. The molecule has 0 unspecified atom stereocenters. The van der Waals surface area contributed by atoms with Crippen molar-refractivity contribution in [3.8, 4) is 0 Å². The molecule has 2 aromatic rings. The number of amides is 3. The van der Waals surface area contributed by atoms with Crippen LogP contribution in [0, 0.1) is 17.8 Å². The summed E-state index contributed by atoms with van der Waals surface area (Å²) in [5.41, 5.74) is 2.32. The lowest BCUT2D eigenvalue weighted by molar-refractivity contribution is -0.122. The number of rotatable bonds is 6. The number of hydrogen-bond donors (Lipinski definition) is 1. The molecule has 7 nitrogen and oxygen atoms in total. The van der Waals surface area contributed by atoms with Crippen molar-refractivity contribution in [2.24, 2.45) is 17.8 Å². The van der Waals surface area contributed by atoms with Crippen LogP contribution in [0.15, 0.2) is 48.5 Å². The summed E-state index contributed by atoms with van der Waals surface area (Å²) in [4.78, 5) is 51.7. The highest BCUT2D eigenvalue weighted by Crippen LogP contribution is 2.42. The van der Waals surface area contributed by atoms with E-state index in [0.29, 0.717) is 30.1 Å². The molecule has 0 radical (unpaired) electrons. The first-order chi connectivity index (χ1) is 15.9. The zero-order valence-corrected chi connectivity index (χ0v) is 18.9. The number of esters is 1. The normalized spacial score (nSPS) is 22.1.